The van der Waals surface area contributed by atoms with Crippen LogP contribution in [0.4, 0.5) is 0 Å². The van der Waals surface area contributed by atoms with Crippen molar-refractivity contribution in [1.82, 2.24) is 0 Å². The van der Waals surface area contributed by atoms with E-state index in [9.17, 15) is 0 Å². The number of hydrogen-bond donors (Lipinski definition) is 0. The van der Waals surface area contributed by atoms with E-state index in [4.69, 9.17) is 0 Å². The molecule has 0 unspecified atom stereocenters. The Bertz CT molecular complexity index is 334. The maximum absolute atomic E-state index is 3.21. The summed E-state index contributed by atoms with van der Waals surface area (Å²) in [7, 11) is 0. The van der Waals surface area contributed by atoms with Crippen molar-refractivity contribution in [3.8, 4) is 11.8 Å². The fourth-order valence-electron chi connectivity index (χ4n) is 1.17. The molecule has 1 rings (SSSR count). The minimum Gasteiger partial charge on any atom is -0.132 e. The third kappa shape index (κ3) is 3.98. The number of hydrogen-bond acceptors (Lipinski definition) is 1. The molecule has 0 aliphatic rings. The summed E-state index contributed by atoms with van der Waals surface area (Å²) in [4.78, 5) is 2.66. The van der Waals surface area contributed by atoms with Crippen LogP contribution in [0.15, 0.2) is 12.1 Å². The van der Waals surface area contributed by atoms with Gasteiger partial charge in [0.2, 0.25) is 0 Å². The van der Waals surface area contributed by atoms with Crippen LogP contribution in [0.3, 0.4) is 0 Å². The Balaban J connectivity index is 2.65. The predicted molar refractivity (Wildman–Crippen MR) is 64.6 cm³/mol. The summed E-state index contributed by atoms with van der Waals surface area (Å²) in [5.41, 5.74) is 0. The quantitative estimate of drug-likeness (QED) is 0.643. The van der Waals surface area contributed by atoms with Gasteiger partial charge in [-0.05, 0) is 24.5 Å². The maximum atomic E-state index is 3.21. The van der Waals surface area contributed by atoms with Gasteiger partial charge in [-0.2, -0.15) is 0 Å². The molecule has 0 bridgehead atoms. The van der Waals surface area contributed by atoms with Gasteiger partial charge in [-0.3, -0.25) is 0 Å². The van der Waals surface area contributed by atoms with Gasteiger partial charge in [-0.15, -0.1) is 11.3 Å². The predicted octanol–water partition coefficient (Wildman–Crippen LogP) is 3.95. The normalized spacial score (nSPS) is 10.4. The molecule has 0 aromatic carbocycles. The van der Waals surface area contributed by atoms with Gasteiger partial charge in [-0.1, -0.05) is 39.5 Å². The van der Waals surface area contributed by atoms with Crippen LogP contribution in [0.1, 0.15) is 37.4 Å². The lowest BCUT2D eigenvalue weighted by molar-refractivity contribution is 0.654. The molecule has 76 valence electrons. The van der Waals surface area contributed by atoms with E-state index in [-0.39, 0.29) is 0 Å². The van der Waals surface area contributed by atoms with Crippen molar-refractivity contribution >= 4 is 11.3 Å². The molecule has 0 amide bonds. The maximum Gasteiger partial charge on any atom is 0.0771 e. The van der Waals surface area contributed by atoms with Crippen LogP contribution in [0.25, 0.3) is 0 Å². The highest BCUT2D eigenvalue weighted by atomic mass is 32.1. The van der Waals surface area contributed by atoms with Crippen molar-refractivity contribution < 1.29 is 0 Å². The van der Waals surface area contributed by atoms with Gasteiger partial charge in [0.1, 0.15) is 0 Å². The van der Waals surface area contributed by atoms with Gasteiger partial charge in [0.05, 0.1) is 4.88 Å². The van der Waals surface area contributed by atoms with Crippen molar-refractivity contribution in [1.29, 1.82) is 0 Å². The van der Waals surface area contributed by atoms with Crippen molar-refractivity contribution in [3.05, 3.63) is 21.9 Å². The molecular formula is C13H18S. The molecule has 1 heterocycles. The van der Waals surface area contributed by atoms with E-state index in [2.05, 4.69) is 51.7 Å². The standard InChI is InChI=1S/C13H18S/c1-10(2)5-6-12-7-8-13(14-12)9-11(3)4/h7-8,10-11H,9H2,1-4H3. The summed E-state index contributed by atoms with van der Waals surface area (Å²) in [6.45, 7) is 8.74. The Hall–Kier alpha value is -0.740. The van der Waals surface area contributed by atoms with Crippen LogP contribution in [-0.4, -0.2) is 0 Å². The number of thiophene rings is 1. The molecule has 0 nitrogen and oxygen atoms in total. The lowest BCUT2D eigenvalue weighted by atomic mass is 10.1. The average Bonchev–Trinajstić information content (AvgIpc) is 2.47. The molecule has 14 heavy (non-hydrogen) atoms. The summed E-state index contributed by atoms with van der Waals surface area (Å²) in [5, 5.41) is 0. The summed E-state index contributed by atoms with van der Waals surface area (Å²) in [6.07, 6.45) is 1.17. The molecule has 0 aliphatic heterocycles. The molecule has 0 saturated carbocycles. The van der Waals surface area contributed by atoms with E-state index in [0.717, 1.165) is 5.92 Å². The third-order valence-electron chi connectivity index (χ3n) is 1.76. The monoisotopic (exact) mass is 206 g/mol. The minimum atomic E-state index is 0.464. The highest BCUT2D eigenvalue weighted by Gasteiger charge is 2.00. The fourth-order valence-corrected chi connectivity index (χ4v) is 2.25. The largest absolute Gasteiger partial charge is 0.132 e. The zero-order chi connectivity index (χ0) is 10.6. The Kier molecular flexibility index (Phi) is 4.22. The highest BCUT2D eigenvalue weighted by Crippen LogP contribution is 2.18. The second-order valence-electron chi connectivity index (χ2n) is 4.29. The highest BCUT2D eigenvalue weighted by molar-refractivity contribution is 7.12. The zero-order valence-corrected chi connectivity index (χ0v) is 10.2. The van der Waals surface area contributed by atoms with Crippen LogP contribution >= 0.6 is 11.3 Å². The Morgan fingerprint density at radius 3 is 2.50 bits per heavy atom. The second kappa shape index (κ2) is 5.22. The molecule has 0 atom stereocenters. The third-order valence-corrected chi connectivity index (χ3v) is 2.78. The van der Waals surface area contributed by atoms with Gasteiger partial charge < -0.3 is 0 Å². The smallest absolute Gasteiger partial charge is 0.0771 e. The van der Waals surface area contributed by atoms with E-state index >= 15 is 0 Å². The average molecular weight is 206 g/mol. The molecule has 1 heteroatoms. The first kappa shape index (κ1) is 11.3. The SMILES string of the molecule is CC(C)C#Cc1ccc(CC(C)C)s1. The first-order valence-corrected chi connectivity index (χ1v) is 6.00. The molecular weight excluding hydrogens is 188 g/mol. The molecule has 0 N–H and O–H groups in total. The van der Waals surface area contributed by atoms with E-state index < -0.39 is 0 Å². The van der Waals surface area contributed by atoms with E-state index in [1.807, 2.05) is 11.3 Å². The molecule has 0 aliphatic carbocycles. The zero-order valence-electron chi connectivity index (χ0n) is 9.42. The van der Waals surface area contributed by atoms with Crippen LogP contribution in [0, 0.1) is 23.7 Å². The van der Waals surface area contributed by atoms with Crippen molar-refractivity contribution in [2.24, 2.45) is 11.8 Å². The van der Waals surface area contributed by atoms with Crippen molar-refractivity contribution in [2.75, 3.05) is 0 Å². The molecule has 0 radical (unpaired) electrons. The van der Waals surface area contributed by atoms with E-state index in [1.54, 1.807) is 0 Å². The first-order valence-electron chi connectivity index (χ1n) is 5.18. The summed E-state index contributed by atoms with van der Waals surface area (Å²) in [6, 6.07) is 4.34. The van der Waals surface area contributed by atoms with Crippen molar-refractivity contribution in [3.63, 3.8) is 0 Å². The fraction of sp³-hybridized carbons (Fsp3) is 0.538. The summed E-state index contributed by atoms with van der Waals surface area (Å²) in [5.74, 6) is 7.59. The van der Waals surface area contributed by atoms with Crippen LogP contribution < -0.4 is 0 Å². The van der Waals surface area contributed by atoms with Gasteiger partial charge in [-0.25, -0.2) is 0 Å². The molecule has 1 aromatic heterocycles. The van der Waals surface area contributed by atoms with E-state index in [0.29, 0.717) is 5.92 Å². The van der Waals surface area contributed by atoms with Gasteiger partial charge in [0.25, 0.3) is 0 Å². The second-order valence-corrected chi connectivity index (χ2v) is 5.46. The topological polar surface area (TPSA) is 0 Å². The van der Waals surface area contributed by atoms with Gasteiger partial charge >= 0.3 is 0 Å². The Morgan fingerprint density at radius 1 is 1.21 bits per heavy atom. The van der Waals surface area contributed by atoms with E-state index in [1.165, 1.54) is 16.2 Å². The minimum absolute atomic E-state index is 0.464. The van der Waals surface area contributed by atoms with Gasteiger partial charge in [0, 0.05) is 10.8 Å². The molecule has 0 fully saturated rings. The Labute approximate surface area is 91.4 Å². The van der Waals surface area contributed by atoms with Crippen molar-refractivity contribution in [2.45, 2.75) is 34.1 Å². The molecule has 1 aromatic rings. The Morgan fingerprint density at radius 2 is 1.93 bits per heavy atom. The van der Waals surface area contributed by atoms with Gasteiger partial charge in [0.15, 0.2) is 0 Å². The lowest BCUT2D eigenvalue weighted by Gasteiger charge is -1.98. The molecule has 0 saturated heterocycles. The number of rotatable bonds is 2. The summed E-state index contributed by atoms with van der Waals surface area (Å²) >= 11 is 1.83. The molecule has 0 spiro atoms. The van der Waals surface area contributed by atoms with Crippen LogP contribution in [-0.2, 0) is 6.42 Å². The lowest BCUT2D eigenvalue weighted by Crippen LogP contribution is -1.89. The van der Waals surface area contributed by atoms with Crippen LogP contribution in [0.5, 0.6) is 0 Å². The first-order chi connectivity index (χ1) is 6.58. The van der Waals surface area contributed by atoms with Crippen LogP contribution in [0.2, 0.25) is 0 Å². The summed E-state index contributed by atoms with van der Waals surface area (Å²) < 4.78 is 0.